The number of aliphatic hydroxyl groups is 1. The monoisotopic (exact) mass is 184 g/mol. The molecule has 0 aliphatic heterocycles. The first-order valence-corrected chi connectivity index (χ1v) is 5.63. The van der Waals surface area contributed by atoms with E-state index in [0.29, 0.717) is 0 Å². The zero-order valence-corrected chi connectivity index (χ0v) is 9.62. The standard InChI is InChI=1S/C12H24O/c1-7(13)6-12-10(4)8(2)9(3)11(12)5/h7-13H,6H2,1-5H3. The summed E-state index contributed by atoms with van der Waals surface area (Å²) in [6.07, 6.45) is 0.851. The Hall–Kier alpha value is -0.0400. The Morgan fingerprint density at radius 3 is 1.62 bits per heavy atom. The highest BCUT2D eigenvalue weighted by molar-refractivity contribution is 4.89. The Bertz CT molecular complexity index is 151. The lowest BCUT2D eigenvalue weighted by Gasteiger charge is -2.22. The van der Waals surface area contributed by atoms with Gasteiger partial charge in [0.2, 0.25) is 0 Å². The van der Waals surface area contributed by atoms with Gasteiger partial charge < -0.3 is 5.11 Å². The molecule has 0 saturated heterocycles. The molecule has 5 atom stereocenters. The Kier molecular flexibility index (Phi) is 3.39. The highest BCUT2D eigenvalue weighted by Crippen LogP contribution is 2.47. The fourth-order valence-corrected chi connectivity index (χ4v) is 3.04. The van der Waals surface area contributed by atoms with Crippen LogP contribution in [-0.2, 0) is 0 Å². The van der Waals surface area contributed by atoms with Crippen molar-refractivity contribution in [3.8, 4) is 0 Å². The van der Waals surface area contributed by atoms with Gasteiger partial charge in [0.25, 0.3) is 0 Å². The first-order valence-electron chi connectivity index (χ1n) is 5.63. The molecule has 0 heterocycles. The third kappa shape index (κ3) is 2.07. The van der Waals surface area contributed by atoms with E-state index in [1.807, 2.05) is 6.92 Å². The van der Waals surface area contributed by atoms with E-state index in [4.69, 9.17) is 0 Å². The molecular formula is C12H24O. The van der Waals surface area contributed by atoms with Crippen LogP contribution in [0.4, 0.5) is 0 Å². The molecule has 78 valence electrons. The largest absolute Gasteiger partial charge is 0.393 e. The molecule has 5 unspecified atom stereocenters. The highest BCUT2D eigenvalue weighted by Gasteiger charge is 2.41. The zero-order chi connectivity index (χ0) is 10.2. The fraction of sp³-hybridized carbons (Fsp3) is 1.00. The Morgan fingerprint density at radius 2 is 1.31 bits per heavy atom. The minimum absolute atomic E-state index is 0.132. The molecule has 0 spiro atoms. The number of rotatable bonds is 2. The van der Waals surface area contributed by atoms with Gasteiger partial charge in [-0.3, -0.25) is 0 Å². The summed E-state index contributed by atoms with van der Waals surface area (Å²) in [7, 11) is 0. The third-order valence-electron chi connectivity index (χ3n) is 4.45. The van der Waals surface area contributed by atoms with Crippen LogP contribution >= 0.6 is 0 Å². The average molecular weight is 184 g/mol. The summed E-state index contributed by atoms with van der Waals surface area (Å²) in [6, 6.07) is 0. The van der Waals surface area contributed by atoms with Gasteiger partial charge in [-0.2, -0.15) is 0 Å². The van der Waals surface area contributed by atoms with Gasteiger partial charge in [-0.1, -0.05) is 27.7 Å². The third-order valence-corrected chi connectivity index (χ3v) is 4.45. The number of hydrogen-bond acceptors (Lipinski definition) is 1. The number of aliphatic hydroxyl groups excluding tert-OH is 1. The van der Waals surface area contributed by atoms with Crippen LogP contribution in [0.1, 0.15) is 41.0 Å². The first kappa shape index (κ1) is 11.0. The minimum Gasteiger partial charge on any atom is -0.393 e. The van der Waals surface area contributed by atoms with Gasteiger partial charge in [0.1, 0.15) is 0 Å². The van der Waals surface area contributed by atoms with E-state index < -0.39 is 0 Å². The Labute approximate surface area is 82.5 Å². The lowest BCUT2D eigenvalue weighted by Crippen LogP contribution is -2.18. The van der Waals surface area contributed by atoms with Crippen molar-refractivity contribution in [2.75, 3.05) is 0 Å². The quantitative estimate of drug-likeness (QED) is 0.699. The molecule has 1 fully saturated rings. The van der Waals surface area contributed by atoms with Gasteiger partial charge in [-0.15, -0.1) is 0 Å². The van der Waals surface area contributed by atoms with Crippen LogP contribution < -0.4 is 0 Å². The molecule has 1 nitrogen and oxygen atoms in total. The van der Waals surface area contributed by atoms with Crippen molar-refractivity contribution in [2.24, 2.45) is 29.6 Å². The highest BCUT2D eigenvalue weighted by atomic mass is 16.3. The van der Waals surface area contributed by atoms with E-state index in [-0.39, 0.29) is 6.10 Å². The van der Waals surface area contributed by atoms with Crippen molar-refractivity contribution >= 4 is 0 Å². The van der Waals surface area contributed by atoms with Gasteiger partial charge in [-0.25, -0.2) is 0 Å². The molecule has 0 amide bonds. The molecule has 0 aromatic carbocycles. The SMILES string of the molecule is CC(O)CC1C(C)C(C)C(C)C1C. The van der Waals surface area contributed by atoms with Crippen molar-refractivity contribution < 1.29 is 5.11 Å². The van der Waals surface area contributed by atoms with Crippen LogP contribution in [0.15, 0.2) is 0 Å². The van der Waals surface area contributed by atoms with Gasteiger partial charge in [0.05, 0.1) is 6.10 Å². The zero-order valence-electron chi connectivity index (χ0n) is 9.62. The summed E-state index contributed by atoms with van der Waals surface area (Å²) in [5.74, 6) is 3.92. The van der Waals surface area contributed by atoms with E-state index in [0.717, 1.165) is 36.0 Å². The summed E-state index contributed by atoms with van der Waals surface area (Å²) < 4.78 is 0. The topological polar surface area (TPSA) is 20.2 Å². The molecular weight excluding hydrogens is 160 g/mol. The minimum atomic E-state index is -0.132. The summed E-state index contributed by atoms with van der Waals surface area (Å²) in [6.45, 7) is 11.3. The molecule has 13 heavy (non-hydrogen) atoms. The van der Waals surface area contributed by atoms with Gasteiger partial charge >= 0.3 is 0 Å². The van der Waals surface area contributed by atoms with Crippen LogP contribution in [0.2, 0.25) is 0 Å². The maximum atomic E-state index is 9.42. The summed E-state index contributed by atoms with van der Waals surface area (Å²) in [4.78, 5) is 0. The predicted octanol–water partition coefficient (Wildman–Crippen LogP) is 2.93. The normalized spacial score (nSPS) is 48.0. The van der Waals surface area contributed by atoms with Crippen molar-refractivity contribution in [3.63, 3.8) is 0 Å². The van der Waals surface area contributed by atoms with Crippen molar-refractivity contribution in [1.29, 1.82) is 0 Å². The van der Waals surface area contributed by atoms with Crippen LogP contribution in [-0.4, -0.2) is 11.2 Å². The first-order chi connectivity index (χ1) is 5.95. The smallest absolute Gasteiger partial charge is 0.0515 e. The van der Waals surface area contributed by atoms with Crippen molar-refractivity contribution in [1.82, 2.24) is 0 Å². The molecule has 1 saturated carbocycles. The van der Waals surface area contributed by atoms with Crippen molar-refractivity contribution in [3.05, 3.63) is 0 Å². The summed E-state index contributed by atoms with van der Waals surface area (Å²) in [5, 5.41) is 9.42. The summed E-state index contributed by atoms with van der Waals surface area (Å²) >= 11 is 0. The van der Waals surface area contributed by atoms with Crippen LogP contribution in [0.25, 0.3) is 0 Å². The molecule has 0 radical (unpaired) electrons. The van der Waals surface area contributed by atoms with Gasteiger partial charge in [-0.05, 0) is 42.9 Å². The second-order valence-electron chi connectivity index (χ2n) is 5.19. The Balaban J connectivity index is 2.64. The molecule has 0 bridgehead atoms. The Morgan fingerprint density at radius 1 is 0.923 bits per heavy atom. The lowest BCUT2D eigenvalue weighted by atomic mass is 9.85. The van der Waals surface area contributed by atoms with Crippen LogP contribution in [0, 0.1) is 29.6 Å². The molecule has 1 heteroatoms. The van der Waals surface area contributed by atoms with Gasteiger partial charge in [0, 0.05) is 0 Å². The van der Waals surface area contributed by atoms with Crippen molar-refractivity contribution in [2.45, 2.75) is 47.1 Å². The molecule has 1 aliphatic rings. The van der Waals surface area contributed by atoms with E-state index in [9.17, 15) is 5.11 Å². The molecule has 0 aromatic heterocycles. The van der Waals surface area contributed by atoms with E-state index in [1.165, 1.54) is 0 Å². The molecule has 1 rings (SSSR count). The second kappa shape index (κ2) is 4.00. The molecule has 0 aromatic rings. The summed E-state index contributed by atoms with van der Waals surface area (Å²) in [5.41, 5.74) is 0. The maximum absolute atomic E-state index is 9.42. The lowest BCUT2D eigenvalue weighted by molar-refractivity contribution is 0.133. The van der Waals surface area contributed by atoms with Crippen LogP contribution in [0.3, 0.4) is 0 Å². The van der Waals surface area contributed by atoms with E-state index in [2.05, 4.69) is 27.7 Å². The second-order valence-corrected chi connectivity index (χ2v) is 5.19. The fourth-order valence-electron chi connectivity index (χ4n) is 3.04. The predicted molar refractivity (Wildman–Crippen MR) is 56.4 cm³/mol. The van der Waals surface area contributed by atoms with Gasteiger partial charge in [0.15, 0.2) is 0 Å². The number of hydrogen-bond donors (Lipinski definition) is 1. The van der Waals surface area contributed by atoms with E-state index >= 15 is 0 Å². The van der Waals surface area contributed by atoms with Crippen LogP contribution in [0.5, 0.6) is 0 Å². The van der Waals surface area contributed by atoms with E-state index in [1.54, 1.807) is 0 Å². The molecule has 1 aliphatic carbocycles. The molecule has 1 N–H and O–H groups in total. The maximum Gasteiger partial charge on any atom is 0.0515 e. The average Bonchev–Trinajstić information content (AvgIpc) is 2.22.